The van der Waals surface area contributed by atoms with Crippen molar-refractivity contribution in [1.29, 1.82) is 0 Å². The molecule has 0 aromatic heterocycles. The molecule has 0 spiro atoms. The molecule has 210 valence electrons. The van der Waals surface area contributed by atoms with E-state index < -0.39 is 0 Å². The molecule has 0 unspecified atom stereocenters. The van der Waals surface area contributed by atoms with Gasteiger partial charge < -0.3 is 9.80 Å². The Hall–Kier alpha value is -4.55. The van der Waals surface area contributed by atoms with Gasteiger partial charge in [0.2, 0.25) is 0 Å². The van der Waals surface area contributed by atoms with E-state index in [1.165, 1.54) is 22.5 Å². The Labute approximate surface area is 268 Å². The molecule has 6 aromatic carbocycles. The van der Waals surface area contributed by atoms with Gasteiger partial charge in [-0.25, -0.2) is 0 Å². The molecule has 1 aliphatic heterocycles. The first-order valence-corrected chi connectivity index (χ1v) is 15.5. The topological polar surface area (TPSA) is 9.72 Å². The lowest BCUT2D eigenvalue weighted by Gasteiger charge is -2.41. The van der Waals surface area contributed by atoms with Gasteiger partial charge in [-0.05, 0) is 96.1 Å². The number of rotatable bonds is 6. The number of halogens is 1. The number of hydrogen-bond donors (Lipinski definition) is 0. The Morgan fingerprint density at radius 3 is 1.02 bits per heavy atom. The van der Waals surface area contributed by atoms with Crippen LogP contribution in [-0.4, -0.2) is 0 Å². The van der Waals surface area contributed by atoms with Gasteiger partial charge in [0, 0.05) is 39.5 Å². The first kappa shape index (κ1) is 27.3. The van der Waals surface area contributed by atoms with Crippen molar-refractivity contribution in [2.24, 2.45) is 0 Å². The zero-order valence-corrected chi connectivity index (χ0v) is 26.4. The highest BCUT2D eigenvalue weighted by Crippen LogP contribution is 2.53. The van der Waals surface area contributed by atoms with Crippen molar-refractivity contribution in [3.63, 3.8) is 0 Å². The standard InChI is InChI=1S/C39H32IN3/c1-39(2)35-27-33(41(29-15-7-3-8-16-29)30-17-9-4-10-18-30)23-25-37(35)43(40)38-26-24-34(28-36(38)39)42(31-19-11-5-12-20-31)32-21-13-6-14-22-32/h3-28H,1-2H3. The fraction of sp³-hybridized carbons (Fsp3) is 0.0769. The molecule has 0 atom stereocenters. The maximum Gasteiger partial charge on any atom is 0.0646 e. The van der Waals surface area contributed by atoms with Gasteiger partial charge in [-0.1, -0.05) is 86.6 Å². The average Bonchev–Trinajstić information content (AvgIpc) is 3.06. The van der Waals surface area contributed by atoms with E-state index in [0.717, 1.165) is 34.1 Å². The molecule has 0 radical (unpaired) electrons. The van der Waals surface area contributed by atoms with E-state index in [0.29, 0.717) is 0 Å². The Bertz CT molecular complexity index is 1640. The first-order valence-electron chi connectivity index (χ1n) is 14.6. The van der Waals surface area contributed by atoms with Gasteiger partial charge in [0.15, 0.2) is 0 Å². The van der Waals surface area contributed by atoms with Crippen LogP contribution in [0.5, 0.6) is 0 Å². The third-order valence-corrected chi connectivity index (χ3v) is 9.34. The molecule has 6 aromatic rings. The van der Waals surface area contributed by atoms with Crippen LogP contribution in [0, 0.1) is 0 Å². The van der Waals surface area contributed by atoms with Crippen molar-refractivity contribution >= 4 is 68.4 Å². The highest BCUT2D eigenvalue weighted by Gasteiger charge is 2.37. The summed E-state index contributed by atoms with van der Waals surface area (Å²) in [4.78, 5) is 4.68. The third-order valence-electron chi connectivity index (χ3n) is 8.30. The monoisotopic (exact) mass is 669 g/mol. The summed E-state index contributed by atoms with van der Waals surface area (Å²) in [5, 5.41) is 0. The average molecular weight is 670 g/mol. The summed E-state index contributed by atoms with van der Waals surface area (Å²) in [5.74, 6) is 0. The highest BCUT2D eigenvalue weighted by molar-refractivity contribution is 14.1. The van der Waals surface area contributed by atoms with Crippen molar-refractivity contribution in [2.45, 2.75) is 19.3 Å². The fourth-order valence-corrected chi connectivity index (χ4v) is 6.99. The van der Waals surface area contributed by atoms with Gasteiger partial charge in [0.1, 0.15) is 0 Å². The van der Waals surface area contributed by atoms with Crippen LogP contribution >= 0.6 is 22.9 Å². The predicted octanol–water partition coefficient (Wildman–Crippen LogP) is 11.8. The van der Waals surface area contributed by atoms with Crippen LogP contribution < -0.4 is 12.9 Å². The third kappa shape index (κ3) is 4.96. The fourth-order valence-electron chi connectivity index (χ4n) is 6.15. The van der Waals surface area contributed by atoms with Crippen LogP contribution in [-0.2, 0) is 5.41 Å². The smallest absolute Gasteiger partial charge is 0.0646 e. The molecule has 1 heterocycles. The van der Waals surface area contributed by atoms with Crippen LogP contribution in [0.15, 0.2) is 158 Å². The van der Waals surface area contributed by atoms with E-state index in [9.17, 15) is 0 Å². The van der Waals surface area contributed by atoms with Gasteiger partial charge >= 0.3 is 0 Å². The number of nitrogens with zero attached hydrogens (tertiary/aromatic N) is 3. The van der Waals surface area contributed by atoms with Crippen LogP contribution in [0.1, 0.15) is 25.0 Å². The predicted molar refractivity (Wildman–Crippen MR) is 191 cm³/mol. The van der Waals surface area contributed by atoms with Crippen molar-refractivity contribution in [2.75, 3.05) is 12.9 Å². The summed E-state index contributed by atoms with van der Waals surface area (Å²) >= 11 is 2.47. The largest absolute Gasteiger partial charge is 0.310 e. The van der Waals surface area contributed by atoms with Crippen molar-refractivity contribution in [1.82, 2.24) is 0 Å². The molecule has 0 aliphatic carbocycles. The molecule has 0 fully saturated rings. The lowest BCUT2D eigenvalue weighted by molar-refractivity contribution is 0.636. The molecule has 4 heteroatoms. The number of fused-ring (bicyclic) bond motifs is 2. The second-order valence-corrected chi connectivity index (χ2v) is 12.3. The Morgan fingerprint density at radius 1 is 0.419 bits per heavy atom. The van der Waals surface area contributed by atoms with Crippen molar-refractivity contribution in [3.8, 4) is 0 Å². The SMILES string of the molecule is CC1(C)c2cc(N(c3ccccc3)c3ccccc3)ccc2N(I)c2ccc(N(c3ccccc3)c3ccccc3)cc21. The molecule has 0 amide bonds. The number of hydrogen-bond acceptors (Lipinski definition) is 3. The van der Waals surface area contributed by atoms with E-state index >= 15 is 0 Å². The summed E-state index contributed by atoms with van der Waals surface area (Å²) in [6, 6.07) is 56.2. The maximum atomic E-state index is 2.47. The summed E-state index contributed by atoms with van der Waals surface area (Å²) in [7, 11) is 0. The van der Waals surface area contributed by atoms with Crippen molar-refractivity contribution < 1.29 is 0 Å². The summed E-state index contributed by atoms with van der Waals surface area (Å²) in [6.45, 7) is 4.71. The normalized spacial score (nSPS) is 13.1. The maximum absolute atomic E-state index is 2.47. The summed E-state index contributed by atoms with van der Waals surface area (Å²) in [6.07, 6.45) is 0. The van der Waals surface area contributed by atoms with E-state index in [-0.39, 0.29) is 5.41 Å². The van der Waals surface area contributed by atoms with Crippen LogP contribution in [0.25, 0.3) is 0 Å². The van der Waals surface area contributed by atoms with Gasteiger partial charge in [-0.2, -0.15) is 0 Å². The zero-order chi connectivity index (χ0) is 29.4. The minimum atomic E-state index is -0.240. The van der Waals surface area contributed by atoms with E-state index in [1.807, 2.05) is 0 Å². The molecule has 0 saturated carbocycles. The second kappa shape index (κ2) is 11.3. The quantitative estimate of drug-likeness (QED) is 0.129. The Balaban J connectivity index is 1.37. The lowest BCUT2D eigenvalue weighted by Crippen LogP contribution is -2.29. The molecular formula is C39H32IN3. The molecule has 7 rings (SSSR count). The number of para-hydroxylation sites is 4. The first-order chi connectivity index (χ1) is 21.0. The Morgan fingerprint density at radius 2 is 0.721 bits per heavy atom. The van der Waals surface area contributed by atoms with Crippen LogP contribution in [0.3, 0.4) is 0 Å². The number of anilines is 8. The molecule has 43 heavy (non-hydrogen) atoms. The molecular weight excluding hydrogens is 637 g/mol. The van der Waals surface area contributed by atoms with E-state index in [1.54, 1.807) is 0 Å². The highest BCUT2D eigenvalue weighted by atomic mass is 127. The van der Waals surface area contributed by atoms with Gasteiger partial charge in [-0.15, -0.1) is 0 Å². The zero-order valence-electron chi connectivity index (χ0n) is 24.2. The number of benzene rings is 6. The van der Waals surface area contributed by atoms with Crippen LogP contribution in [0.4, 0.5) is 45.5 Å². The summed E-state index contributed by atoms with van der Waals surface area (Å²) < 4.78 is 2.31. The van der Waals surface area contributed by atoms with Gasteiger partial charge in [-0.3, -0.25) is 3.11 Å². The Kier molecular flexibility index (Phi) is 7.15. The lowest BCUT2D eigenvalue weighted by atomic mass is 9.74. The van der Waals surface area contributed by atoms with E-state index in [4.69, 9.17) is 0 Å². The molecule has 0 saturated heterocycles. The van der Waals surface area contributed by atoms with Crippen LogP contribution in [0.2, 0.25) is 0 Å². The molecule has 0 bridgehead atoms. The minimum absolute atomic E-state index is 0.240. The molecule has 0 N–H and O–H groups in total. The van der Waals surface area contributed by atoms with Crippen molar-refractivity contribution in [3.05, 3.63) is 169 Å². The summed E-state index contributed by atoms with van der Waals surface area (Å²) in [5.41, 5.74) is 11.6. The second-order valence-electron chi connectivity index (χ2n) is 11.3. The minimum Gasteiger partial charge on any atom is -0.310 e. The van der Waals surface area contributed by atoms with Gasteiger partial charge in [0.25, 0.3) is 0 Å². The van der Waals surface area contributed by atoms with E-state index in [2.05, 4.69) is 207 Å². The molecule has 3 nitrogen and oxygen atoms in total. The molecule has 1 aliphatic rings. The van der Waals surface area contributed by atoms with Gasteiger partial charge in [0.05, 0.1) is 34.2 Å².